The first-order chi connectivity index (χ1) is 10.9. The van der Waals surface area contributed by atoms with E-state index in [0.717, 1.165) is 23.3 Å². The summed E-state index contributed by atoms with van der Waals surface area (Å²) in [5, 5.41) is 0. The summed E-state index contributed by atoms with van der Waals surface area (Å²) in [6.07, 6.45) is 2.24. The van der Waals surface area contributed by atoms with Crippen LogP contribution in [0.3, 0.4) is 0 Å². The molecule has 1 aromatic carbocycles. The smallest absolute Gasteiger partial charge is 0.211 e. The number of unbranched alkanes of at least 4 members (excludes halogenated alkanes) is 1. The van der Waals surface area contributed by atoms with E-state index < -0.39 is 10.0 Å². The summed E-state index contributed by atoms with van der Waals surface area (Å²) in [5.74, 6) is 2.09. The number of sulfonamides is 1. The van der Waals surface area contributed by atoms with E-state index in [1.165, 1.54) is 0 Å². The highest BCUT2D eigenvalue weighted by Crippen LogP contribution is 2.35. The van der Waals surface area contributed by atoms with Crippen LogP contribution in [0.4, 0.5) is 0 Å². The van der Waals surface area contributed by atoms with E-state index in [1.54, 1.807) is 0 Å². The van der Waals surface area contributed by atoms with Crippen LogP contribution in [0, 0.1) is 0 Å². The standard InChI is InChI=1S/C16H24ClNO4S/c1-3-21-15-9-13-8-12(2)22-16(13)10-14(15)11-18-23(19,20)7-5-4-6-17/h9-10,12,18H,3-8,11H2,1-2H3/t12-/m0/s1. The molecule has 0 spiro atoms. The second-order valence-electron chi connectivity index (χ2n) is 5.67. The molecular formula is C16H24ClNO4S. The van der Waals surface area contributed by atoms with Crippen LogP contribution in [0.25, 0.3) is 0 Å². The van der Waals surface area contributed by atoms with E-state index in [9.17, 15) is 8.42 Å². The molecule has 7 heteroatoms. The third-order valence-electron chi connectivity index (χ3n) is 3.66. The van der Waals surface area contributed by atoms with Crippen molar-refractivity contribution in [2.24, 2.45) is 0 Å². The zero-order valence-corrected chi connectivity index (χ0v) is 15.2. The van der Waals surface area contributed by atoms with Gasteiger partial charge >= 0.3 is 0 Å². The van der Waals surface area contributed by atoms with E-state index in [4.69, 9.17) is 21.1 Å². The number of hydrogen-bond donors (Lipinski definition) is 1. The SMILES string of the molecule is CCOc1cc2c(cc1CNS(=O)(=O)CCCCCl)O[C@@H](C)C2. The predicted octanol–water partition coefficient (Wildman–Crippen LogP) is 2.85. The molecule has 1 atom stereocenters. The minimum absolute atomic E-state index is 0.0855. The topological polar surface area (TPSA) is 64.6 Å². The lowest BCUT2D eigenvalue weighted by Crippen LogP contribution is -2.26. The van der Waals surface area contributed by atoms with Crippen LogP contribution in [0.5, 0.6) is 11.5 Å². The lowest BCUT2D eigenvalue weighted by molar-refractivity contribution is 0.254. The quantitative estimate of drug-likeness (QED) is 0.542. The second kappa shape index (κ2) is 8.22. The van der Waals surface area contributed by atoms with Crippen molar-refractivity contribution in [1.29, 1.82) is 0 Å². The van der Waals surface area contributed by atoms with Crippen LogP contribution in [-0.4, -0.2) is 32.8 Å². The van der Waals surface area contributed by atoms with Crippen LogP contribution >= 0.6 is 11.6 Å². The van der Waals surface area contributed by atoms with Gasteiger partial charge in [0.25, 0.3) is 0 Å². The fourth-order valence-electron chi connectivity index (χ4n) is 2.56. The van der Waals surface area contributed by atoms with Gasteiger partial charge in [0.1, 0.15) is 17.6 Å². The number of hydrogen-bond acceptors (Lipinski definition) is 4. The maximum absolute atomic E-state index is 12.0. The summed E-state index contributed by atoms with van der Waals surface area (Å²) in [6, 6.07) is 3.84. The summed E-state index contributed by atoms with van der Waals surface area (Å²) >= 11 is 5.58. The van der Waals surface area contributed by atoms with Gasteiger partial charge in [0.2, 0.25) is 10.0 Å². The Labute approximate surface area is 143 Å². The highest BCUT2D eigenvalue weighted by Gasteiger charge is 2.22. The molecule has 0 aliphatic carbocycles. The maximum Gasteiger partial charge on any atom is 0.211 e. The van der Waals surface area contributed by atoms with Gasteiger partial charge in [0, 0.05) is 30.0 Å². The molecule has 0 saturated carbocycles. The fraction of sp³-hybridized carbons (Fsp3) is 0.625. The molecule has 0 saturated heterocycles. The fourth-order valence-corrected chi connectivity index (χ4v) is 3.85. The Bertz CT molecular complexity index is 633. The molecule has 1 aromatic rings. The first-order valence-electron chi connectivity index (χ1n) is 7.93. The van der Waals surface area contributed by atoms with Crippen molar-refractivity contribution in [2.75, 3.05) is 18.2 Å². The van der Waals surface area contributed by atoms with Crippen LogP contribution in [-0.2, 0) is 23.0 Å². The molecule has 0 bridgehead atoms. The molecule has 5 nitrogen and oxygen atoms in total. The Morgan fingerprint density at radius 1 is 1.39 bits per heavy atom. The summed E-state index contributed by atoms with van der Waals surface area (Å²) in [7, 11) is -3.31. The minimum atomic E-state index is -3.31. The van der Waals surface area contributed by atoms with Gasteiger partial charge in [-0.05, 0) is 38.8 Å². The van der Waals surface area contributed by atoms with E-state index in [2.05, 4.69) is 4.72 Å². The Kier molecular flexibility index (Phi) is 6.56. The molecule has 23 heavy (non-hydrogen) atoms. The molecule has 0 amide bonds. The number of halogens is 1. The molecule has 2 rings (SSSR count). The summed E-state index contributed by atoms with van der Waals surface area (Å²) < 4.78 is 38.0. The lowest BCUT2D eigenvalue weighted by Gasteiger charge is -2.13. The molecular weight excluding hydrogens is 338 g/mol. The number of benzene rings is 1. The Morgan fingerprint density at radius 3 is 2.87 bits per heavy atom. The Balaban J connectivity index is 2.08. The van der Waals surface area contributed by atoms with Gasteiger partial charge in [-0.3, -0.25) is 0 Å². The van der Waals surface area contributed by atoms with E-state index in [0.29, 0.717) is 31.1 Å². The Hall–Kier alpha value is -0.980. The van der Waals surface area contributed by atoms with E-state index >= 15 is 0 Å². The Morgan fingerprint density at radius 2 is 2.17 bits per heavy atom. The lowest BCUT2D eigenvalue weighted by atomic mass is 10.1. The van der Waals surface area contributed by atoms with Crippen molar-refractivity contribution in [3.8, 4) is 11.5 Å². The van der Waals surface area contributed by atoms with Gasteiger partial charge in [-0.25, -0.2) is 13.1 Å². The summed E-state index contributed by atoms with van der Waals surface area (Å²) in [6.45, 7) is 4.65. The van der Waals surface area contributed by atoms with E-state index in [-0.39, 0.29) is 18.4 Å². The van der Waals surface area contributed by atoms with Crippen LogP contribution < -0.4 is 14.2 Å². The number of rotatable bonds is 9. The van der Waals surface area contributed by atoms with Crippen LogP contribution in [0.15, 0.2) is 12.1 Å². The van der Waals surface area contributed by atoms with Gasteiger partial charge in [0.15, 0.2) is 0 Å². The molecule has 1 aliphatic heterocycles. The molecule has 0 aromatic heterocycles. The summed E-state index contributed by atoms with van der Waals surface area (Å²) in [4.78, 5) is 0. The highest BCUT2D eigenvalue weighted by molar-refractivity contribution is 7.89. The first kappa shape index (κ1) is 18.4. The van der Waals surface area contributed by atoms with Crippen molar-refractivity contribution in [2.45, 2.75) is 45.8 Å². The monoisotopic (exact) mass is 361 g/mol. The van der Waals surface area contributed by atoms with Gasteiger partial charge < -0.3 is 9.47 Å². The van der Waals surface area contributed by atoms with E-state index in [1.807, 2.05) is 26.0 Å². The average Bonchev–Trinajstić information content (AvgIpc) is 2.84. The van der Waals surface area contributed by atoms with Crippen molar-refractivity contribution >= 4 is 21.6 Å². The molecule has 1 aliphatic rings. The van der Waals surface area contributed by atoms with Crippen molar-refractivity contribution in [1.82, 2.24) is 4.72 Å². The summed E-state index contributed by atoms with van der Waals surface area (Å²) in [5.41, 5.74) is 1.90. The molecule has 0 unspecified atom stereocenters. The van der Waals surface area contributed by atoms with Crippen LogP contribution in [0.1, 0.15) is 37.8 Å². The molecule has 1 N–H and O–H groups in total. The molecule has 130 valence electrons. The molecule has 1 heterocycles. The van der Waals surface area contributed by atoms with Crippen molar-refractivity contribution < 1.29 is 17.9 Å². The van der Waals surface area contributed by atoms with Gasteiger partial charge in [0.05, 0.1) is 12.4 Å². The van der Waals surface area contributed by atoms with Gasteiger partial charge in [-0.15, -0.1) is 11.6 Å². The third kappa shape index (κ3) is 5.26. The van der Waals surface area contributed by atoms with Crippen LogP contribution in [0.2, 0.25) is 0 Å². The third-order valence-corrected chi connectivity index (χ3v) is 5.34. The highest BCUT2D eigenvalue weighted by atomic mass is 35.5. The second-order valence-corrected chi connectivity index (χ2v) is 7.97. The number of nitrogens with one attached hydrogen (secondary N) is 1. The van der Waals surface area contributed by atoms with Gasteiger partial charge in [-0.1, -0.05) is 0 Å². The average molecular weight is 362 g/mol. The molecule has 0 radical (unpaired) electrons. The largest absolute Gasteiger partial charge is 0.494 e. The number of ether oxygens (including phenoxy) is 2. The zero-order valence-electron chi connectivity index (χ0n) is 13.6. The number of fused-ring (bicyclic) bond motifs is 1. The van der Waals surface area contributed by atoms with Gasteiger partial charge in [-0.2, -0.15) is 0 Å². The normalized spacial score (nSPS) is 16.9. The minimum Gasteiger partial charge on any atom is -0.494 e. The number of alkyl halides is 1. The zero-order chi connectivity index (χ0) is 16.9. The van der Waals surface area contributed by atoms with Crippen molar-refractivity contribution in [3.63, 3.8) is 0 Å². The predicted molar refractivity (Wildman–Crippen MR) is 92.0 cm³/mol. The first-order valence-corrected chi connectivity index (χ1v) is 10.1. The maximum atomic E-state index is 12.0. The molecule has 0 fully saturated rings. The van der Waals surface area contributed by atoms with Crippen molar-refractivity contribution in [3.05, 3.63) is 23.3 Å².